The minimum absolute atomic E-state index is 0.136. The molecule has 142 valence electrons. The van der Waals surface area contributed by atoms with Crippen LogP contribution in [0.15, 0.2) is 41.9 Å². The van der Waals surface area contributed by atoms with Crippen LogP contribution in [0, 0.1) is 0 Å². The summed E-state index contributed by atoms with van der Waals surface area (Å²) in [6.07, 6.45) is 1.54. The molecule has 4 rings (SSSR count). The van der Waals surface area contributed by atoms with Crippen LogP contribution in [0.25, 0.3) is 11.3 Å². The molecule has 1 N–H and O–H groups in total. The van der Waals surface area contributed by atoms with Crippen LogP contribution < -0.4 is 15.0 Å². The first-order chi connectivity index (χ1) is 13.5. The number of pyridine rings is 1. The minimum Gasteiger partial charge on any atom is -0.480 e. The van der Waals surface area contributed by atoms with Crippen LogP contribution in [0.3, 0.4) is 0 Å². The maximum atomic E-state index is 12.4. The van der Waals surface area contributed by atoms with Gasteiger partial charge in [-0.1, -0.05) is 23.2 Å². The molecule has 3 aromatic rings. The highest BCUT2D eigenvalue weighted by atomic mass is 35.5. The molecule has 0 aliphatic carbocycles. The van der Waals surface area contributed by atoms with Crippen molar-refractivity contribution in [1.82, 2.24) is 9.97 Å². The molecule has 0 unspecified atom stereocenters. The number of anilines is 2. The van der Waals surface area contributed by atoms with E-state index in [2.05, 4.69) is 15.3 Å². The third-order valence-electron chi connectivity index (χ3n) is 3.92. The Balaban J connectivity index is 1.48. The van der Waals surface area contributed by atoms with E-state index in [0.29, 0.717) is 38.0 Å². The zero-order chi connectivity index (χ0) is 19.7. The van der Waals surface area contributed by atoms with Crippen molar-refractivity contribution in [2.24, 2.45) is 0 Å². The highest BCUT2D eigenvalue weighted by Gasteiger charge is 2.28. The molecule has 0 spiro atoms. The Hall–Kier alpha value is -2.68. The van der Waals surface area contributed by atoms with E-state index in [0.717, 1.165) is 0 Å². The summed E-state index contributed by atoms with van der Waals surface area (Å²) in [6, 6.07) is 8.51. The monoisotopic (exact) mass is 434 g/mol. The Morgan fingerprint density at radius 3 is 3.00 bits per heavy atom. The fourth-order valence-corrected chi connectivity index (χ4v) is 3.88. The maximum absolute atomic E-state index is 12.4. The molecule has 0 saturated carbocycles. The van der Waals surface area contributed by atoms with Crippen molar-refractivity contribution >= 4 is 57.3 Å². The average molecular weight is 435 g/mol. The number of thiazole rings is 1. The lowest BCUT2D eigenvalue weighted by molar-refractivity contribution is -0.123. The van der Waals surface area contributed by atoms with Crippen LogP contribution in [-0.2, 0) is 9.59 Å². The quantitative estimate of drug-likeness (QED) is 0.673. The fourth-order valence-electron chi connectivity index (χ4n) is 2.65. The second-order valence-corrected chi connectivity index (χ2v) is 7.51. The average Bonchev–Trinajstić information content (AvgIpc) is 3.12. The van der Waals surface area contributed by atoms with Crippen molar-refractivity contribution in [2.45, 2.75) is 0 Å². The number of halogens is 2. The lowest BCUT2D eigenvalue weighted by Gasteiger charge is -2.27. The molecule has 0 fully saturated rings. The number of ether oxygens (including phenoxy) is 1. The predicted molar refractivity (Wildman–Crippen MR) is 108 cm³/mol. The third kappa shape index (κ3) is 3.80. The number of hydrogen-bond acceptors (Lipinski definition) is 6. The smallest absolute Gasteiger partial charge is 0.266 e. The highest BCUT2D eigenvalue weighted by Crippen LogP contribution is 2.32. The second-order valence-electron chi connectivity index (χ2n) is 5.80. The van der Waals surface area contributed by atoms with E-state index in [4.69, 9.17) is 27.9 Å². The van der Waals surface area contributed by atoms with Gasteiger partial charge >= 0.3 is 0 Å². The maximum Gasteiger partial charge on any atom is 0.266 e. The molecule has 1 aliphatic rings. The minimum atomic E-state index is -0.394. The molecule has 7 nitrogen and oxygen atoms in total. The Labute approximate surface area is 173 Å². The molecule has 2 amide bonds. The number of amides is 2. The van der Waals surface area contributed by atoms with E-state index in [1.54, 1.807) is 35.7 Å². The number of fused-ring (bicyclic) bond motifs is 1. The number of nitrogens with zero attached hydrogens (tertiary/aromatic N) is 3. The highest BCUT2D eigenvalue weighted by molar-refractivity contribution is 7.14. The van der Waals surface area contributed by atoms with E-state index in [9.17, 15) is 9.59 Å². The van der Waals surface area contributed by atoms with E-state index in [1.165, 1.54) is 22.4 Å². The zero-order valence-corrected chi connectivity index (χ0v) is 16.5. The molecule has 3 heterocycles. The first-order valence-corrected chi connectivity index (χ1v) is 9.74. The molecule has 1 aromatic carbocycles. The van der Waals surface area contributed by atoms with Crippen LogP contribution in [0.1, 0.15) is 0 Å². The summed E-state index contributed by atoms with van der Waals surface area (Å²) in [5.74, 6) is 0.0505. The Morgan fingerprint density at radius 2 is 2.18 bits per heavy atom. The molecular weight excluding hydrogens is 423 g/mol. The Bertz CT molecular complexity index is 1070. The van der Waals surface area contributed by atoms with Crippen LogP contribution in [0.5, 0.6) is 5.75 Å². The third-order valence-corrected chi connectivity index (χ3v) is 5.22. The largest absolute Gasteiger partial charge is 0.480 e. The van der Waals surface area contributed by atoms with Gasteiger partial charge in [0.15, 0.2) is 23.3 Å². The summed E-state index contributed by atoms with van der Waals surface area (Å²) in [6.45, 7) is -0.328. The van der Waals surface area contributed by atoms with Crippen molar-refractivity contribution in [2.75, 3.05) is 23.4 Å². The summed E-state index contributed by atoms with van der Waals surface area (Å²) in [7, 11) is 0. The van der Waals surface area contributed by atoms with Crippen LogP contribution >= 0.6 is 34.5 Å². The molecule has 0 saturated heterocycles. The van der Waals surface area contributed by atoms with Crippen LogP contribution in [0.2, 0.25) is 10.0 Å². The normalized spacial score (nSPS) is 13.1. The molecule has 0 radical (unpaired) electrons. The van der Waals surface area contributed by atoms with Gasteiger partial charge in [-0.15, -0.1) is 11.3 Å². The van der Waals surface area contributed by atoms with Gasteiger partial charge < -0.3 is 10.1 Å². The topological polar surface area (TPSA) is 84.4 Å². The molecule has 1 aliphatic heterocycles. The number of carbonyl (C=O) groups is 2. The number of aromatic nitrogens is 2. The SMILES string of the molecule is O=C(CN1C(=O)COc2cccnc21)Nc1nc(-c2ccc(Cl)cc2Cl)cs1. The second kappa shape index (κ2) is 7.75. The molecule has 0 bridgehead atoms. The fraction of sp³-hybridized carbons (Fsp3) is 0.111. The lowest BCUT2D eigenvalue weighted by Crippen LogP contribution is -2.43. The van der Waals surface area contributed by atoms with Crippen LogP contribution in [0.4, 0.5) is 10.9 Å². The van der Waals surface area contributed by atoms with E-state index >= 15 is 0 Å². The van der Waals surface area contributed by atoms with Gasteiger partial charge in [-0.05, 0) is 30.3 Å². The first-order valence-electron chi connectivity index (χ1n) is 8.10. The van der Waals surface area contributed by atoms with Gasteiger partial charge in [-0.25, -0.2) is 9.97 Å². The molecule has 10 heteroatoms. The number of carbonyl (C=O) groups excluding carboxylic acids is 2. The molecule has 28 heavy (non-hydrogen) atoms. The van der Waals surface area contributed by atoms with Gasteiger partial charge in [-0.3, -0.25) is 14.5 Å². The standard InChI is InChI=1S/C18H12Cl2N4O3S/c19-10-3-4-11(12(20)6-10)13-9-28-18(22-13)23-15(25)7-24-16(26)8-27-14-2-1-5-21-17(14)24/h1-6,9H,7-8H2,(H,22,23,25). The summed E-state index contributed by atoms with van der Waals surface area (Å²) in [5.41, 5.74) is 1.33. The molecule has 2 aromatic heterocycles. The zero-order valence-electron chi connectivity index (χ0n) is 14.2. The summed E-state index contributed by atoms with van der Waals surface area (Å²) >= 11 is 13.4. The van der Waals surface area contributed by atoms with Gasteiger partial charge in [0.2, 0.25) is 5.91 Å². The Morgan fingerprint density at radius 1 is 1.32 bits per heavy atom. The van der Waals surface area contributed by atoms with E-state index < -0.39 is 5.91 Å². The van der Waals surface area contributed by atoms with Crippen molar-refractivity contribution in [3.8, 4) is 17.0 Å². The van der Waals surface area contributed by atoms with Gasteiger partial charge in [0.1, 0.15) is 6.54 Å². The van der Waals surface area contributed by atoms with Crippen molar-refractivity contribution in [1.29, 1.82) is 0 Å². The lowest BCUT2D eigenvalue weighted by atomic mass is 10.2. The van der Waals surface area contributed by atoms with E-state index in [-0.39, 0.29) is 19.1 Å². The number of hydrogen-bond donors (Lipinski definition) is 1. The van der Waals surface area contributed by atoms with Gasteiger partial charge in [-0.2, -0.15) is 0 Å². The molecule has 0 atom stereocenters. The van der Waals surface area contributed by atoms with Crippen molar-refractivity contribution in [3.05, 3.63) is 52.0 Å². The van der Waals surface area contributed by atoms with Crippen LogP contribution in [-0.4, -0.2) is 34.9 Å². The van der Waals surface area contributed by atoms with E-state index in [1.807, 2.05) is 0 Å². The van der Waals surface area contributed by atoms with Gasteiger partial charge in [0.25, 0.3) is 5.91 Å². The van der Waals surface area contributed by atoms with Gasteiger partial charge in [0.05, 0.1) is 10.7 Å². The number of rotatable bonds is 4. The summed E-state index contributed by atoms with van der Waals surface area (Å²) < 4.78 is 5.32. The summed E-state index contributed by atoms with van der Waals surface area (Å²) in [5, 5.41) is 5.87. The van der Waals surface area contributed by atoms with Gasteiger partial charge in [0, 0.05) is 22.2 Å². The van der Waals surface area contributed by atoms with Crippen molar-refractivity contribution in [3.63, 3.8) is 0 Å². The van der Waals surface area contributed by atoms with Crippen molar-refractivity contribution < 1.29 is 14.3 Å². The number of nitrogens with one attached hydrogen (secondary N) is 1. The predicted octanol–water partition coefficient (Wildman–Crippen LogP) is 3.88. The molecular formula is C18H12Cl2N4O3S. The summed E-state index contributed by atoms with van der Waals surface area (Å²) in [4.78, 5) is 34.4. The first kappa shape index (κ1) is 18.7. The number of benzene rings is 1. The Kier molecular flexibility index (Phi) is 5.17.